The summed E-state index contributed by atoms with van der Waals surface area (Å²) in [5, 5.41) is 16.9. The number of benzene rings is 2. The molecule has 94 heavy (non-hydrogen) atoms. The number of carbonyl (C=O) groups is 11. The van der Waals surface area contributed by atoms with Crippen LogP contribution in [0.2, 0.25) is 0 Å². The van der Waals surface area contributed by atoms with Gasteiger partial charge in [-0.2, -0.15) is 0 Å². The zero-order valence-electron chi connectivity index (χ0n) is 57.8. The number of methoxy groups -OCH3 is 3. The van der Waals surface area contributed by atoms with E-state index >= 15 is 0 Å². The number of hydrogen-bond acceptors (Lipinski definition) is 15. The van der Waals surface area contributed by atoms with Crippen LogP contribution in [0, 0.1) is 29.6 Å². The minimum atomic E-state index is -1.06. The first-order chi connectivity index (χ1) is 44.6. The average molecular weight is 1310 g/mol. The maximum absolute atomic E-state index is 14.9. The molecule has 1 fully saturated rings. The minimum Gasteiger partial charge on any atom is -0.467 e. The number of unbranched alkanes of at least 4 members (excludes halogenated alkanes) is 2. The zero-order valence-corrected chi connectivity index (χ0v) is 57.8. The van der Waals surface area contributed by atoms with Crippen molar-refractivity contribution in [3.8, 4) is 0 Å². The number of ether oxygens (including phenoxy) is 3. The maximum Gasteiger partial charge on any atom is 0.328 e. The topological polar surface area (TPSA) is 327 Å². The molecule has 2 aliphatic heterocycles. The van der Waals surface area contributed by atoms with E-state index in [2.05, 4.69) is 31.9 Å². The molecule has 0 radical (unpaired) electrons. The summed E-state index contributed by atoms with van der Waals surface area (Å²) in [5.41, 5.74) is 7.46. The van der Waals surface area contributed by atoms with Gasteiger partial charge >= 0.3 is 12.0 Å². The predicted octanol–water partition coefficient (Wildman–Crippen LogP) is 4.65. The molecule has 25 nitrogen and oxygen atoms in total. The molecule has 0 aliphatic carbocycles. The van der Waals surface area contributed by atoms with Crippen LogP contribution in [0.25, 0.3) is 0 Å². The minimum absolute atomic E-state index is 0.0729. The van der Waals surface area contributed by atoms with Gasteiger partial charge in [0, 0.05) is 78.1 Å². The number of nitrogens with zero attached hydrogens (tertiary/aromatic N) is 4. The molecule has 0 spiro atoms. The van der Waals surface area contributed by atoms with E-state index in [0.29, 0.717) is 70.1 Å². The number of carbonyl (C=O) groups excluding carboxylic acids is 11. The Bertz CT molecular complexity index is 2850. The molecule has 2 aromatic rings. The van der Waals surface area contributed by atoms with Crippen molar-refractivity contribution in [1.29, 1.82) is 0 Å². The van der Waals surface area contributed by atoms with Crippen LogP contribution in [0.5, 0.6) is 0 Å². The zero-order chi connectivity index (χ0) is 69.9. The largest absolute Gasteiger partial charge is 0.467 e. The third-order valence-corrected chi connectivity index (χ3v) is 18.0. The number of esters is 1. The second kappa shape index (κ2) is 39.2. The van der Waals surface area contributed by atoms with Gasteiger partial charge in [-0.25, -0.2) is 9.59 Å². The van der Waals surface area contributed by atoms with E-state index in [1.807, 2.05) is 96.0 Å². The highest BCUT2D eigenvalue weighted by Crippen LogP contribution is 2.30. The molecule has 4 rings (SSSR count). The molecule has 0 saturated carbocycles. The van der Waals surface area contributed by atoms with E-state index in [4.69, 9.17) is 19.9 Å². The lowest BCUT2D eigenvalue weighted by Gasteiger charge is -2.41. The summed E-state index contributed by atoms with van der Waals surface area (Å²) in [7, 11) is 7.84. The average Bonchev–Trinajstić information content (AvgIpc) is 1.36. The van der Waals surface area contributed by atoms with Gasteiger partial charge in [0.1, 0.15) is 24.2 Å². The molecule has 11 amide bonds. The van der Waals surface area contributed by atoms with Crippen LogP contribution in [0.1, 0.15) is 138 Å². The smallest absolute Gasteiger partial charge is 0.328 e. The van der Waals surface area contributed by atoms with Crippen molar-refractivity contribution in [2.75, 3.05) is 66.9 Å². The first-order valence-corrected chi connectivity index (χ1v) is 33.2. The van der Waals surface area contributed by atoms with E-state index in [9.17, 15) is 52.7 Å². The third-order valence-electron chi connectivity index (χ3n) is 18.0. The lowest BCUT2D eigenvalue weighted by Crippen LogP contribution is -2.60. The van der Waals surface area contributed by atoms with Gasteiger partial charge in [-0.15, -0.1) is 0 Å². The molecule has 2 aromatic carbocycles. The molecule has 25 heteroatoms. The molecule has 522 valence electrons. The highest BCUT2D eigenvalue weighted by molar-refractivity contribution is 6.12. The first-order valence-electron chi connectivity index (χ1n) is 33.2. The van der Waals surface area contributed by atoms with Crippen LogP contribution in [0.15, 0.2) is 66.7 Å². The molecule has 2 heterocycles. The van der Waals surface area contributed by atoms with Crippen molar-refractivity contribution in [3.05, 3.63) is 77.9 Å². The fourth-order valence-electron chi connectivity index (χ4n) is 12.4. The van der Waals surface area contributed by atoms with Crippen molar-refractivity contribution >= 4 is 70.9 Å². The fraction of sp³-hybridized carbons (Fsp3) is 0.638. The lowest BCUT2D eigenvalue weighted by atomic mass is 9.89. The highest BCUT2D eigenvalue weighted by Gasteiger charge is 2.44. The van der Waals surface area contributed by atoms with Gasteiger partial charge in [0.15, 0.2) is 0 Å². The number of likely N-dealkylation sites (N-methyl/N-ethyl adjacent to an activating group) is 2. The van der Waals surface area contributed by atoms with Crippen LogP contribution in [0.4, 0.5) is 10.5 Å². The Kier molecular flexibility index (Phi) is 32.8. The SMILES string of the molecule is CCC(C)C(C(CC(=O)N1CCCC1C(OC)C(C)C(=O)NC(Cc1ccccc1)C(=O)OC)OC)N(C)C(=O)C(NC(=O)C(C(C)C)N(C)CCc1ccc(NC(=O)C(CCCNC(N)=O)NC(=O)C(NC(=O)CCCCCN2C(=O)C=CC2=O)C(C)C)cc1)C(C)C. The summed E-state index contributed by atoms with van der Waals surface area (Å²) in [6, 6.07) is 10.1. The lowest BCUT2D eigenvalue weighted by molar-refractivity contribution is -0.149. The quantitative estimate of drug-likeness (QED) is 0.0271. The number of nitrogens with two attached hydrogens (primary N) is 1. The van der Waals surface area contributed by atoms with E-state index in [1.54, 1.807) is 49.8 Å². The van der Waals surface area contributed by atoms with Crippen molar-refractivity contribution in [1.82, 2.24) is 46.2 Å². The maximum atomic E-state index is 14.9. The Morgan fingerprint density at radius 2 is 1.33 bits per heavy atom. The van der Waals surface area contributed by atoms with Crippen LogP contribution in [-0.2, 0) is 75.0 Å². The van der Waals surface area contributed by atoms with Crippen molar-refractivity contribution in [2.24, 2.45) is 35.3 Å². The second-order valence-corrected chi connectivity index (χ2v) is 26.0. The van der Waals surface area contributed by atoms with Crippen molar-refractivity contribution in [2.45, 2.75) is 194 Å². The van der Waals surface area contributed by atoms with Gasteiger partial charge in [-0.1, -0.05) is 118 Å². The number of amides is 11. The monoisotopic (exact) mass is 1310 g/mol. The van der Waals surface area contributed by atoms with E-state index in [1.165, 1.54) is 33.5 Å². The number of anilines is 1. The van der Waals surface area contributed by atoms with Gasteiger partial charge < -0.3 is 61.6 Å². The molecule has 0 bridgehead atoms. The number of nitrogens with one attached hydrogen (secondary N) is 6. The Balaban J connectivity index is 1.39. The first kappa shape index (κ1) is 78.7. The fourth-order valence-corrected chi connectivity index (χ4v) is 12.4. The Morgan fingerprint density at radius 1 is 0.691 bits per heavy atom. The normalized spacial score (nSPS) is 17.1. The highest BCUT2D eigenvalue weighted by atomic mass is 16.5. The molecule has 1 saturated heterocycles. The molecule has 11 unspecified atom stereocenters. The standard InChI is InChI=1S/C69H107N11O14/c1-15-45(8)61(53(92-12)41-57(84)79-38-23-27-52(79)62(93-13)46(9)63(85)74-51(68(90)94-14)40-48-24-18-16-19-25-48)78(11)67(89)59(43(4)5)76-66(88)60(44(6)7)77(10)39-35-47-29-31-49(32-30-47)72-64(86)50(26-22-36-71-69(70)91)73-65(87)58(42(2)3)75-54(81)28-20-17-21-37-80-55(82)33-34-56(80)83/h16,18-19,24-25,29-34,42-46,50-53,58-62H,15,17,20-23,26-28,35-41H2,1-14H3,(H,72,86)(H,73,87)(H,74,85)(H,75,81)(H,76,88)(H3,70,71,91). The molecule has 11 atom stereocenters. The Hall–Kier alpha value is -7.77. The van der Waals surface area contributed by atoms with E-state index in [0.717, 1.165) is 16.0 Å². The molecule has 0 aromatic heterocycles. The molecular weight excluding hydrogens is 1210 g/mol. The molecule has 2 aliphatic rings. The number of urea groups is 1. The number of rotatable bonds is 40. The third kappa shape index (κ3) is 23.6. The van der Waals surface area contributed by atoms with Crippen LogP contribution >= 0.6 is 0 Å². The summed E-state index contributed by atoms with van der Waals surface area (Å²) < 4.78 is 17.2. The van der Waals surface area contributed by atoms with E-state index in [-0.39, 0.29) is 97.9 Å². The van der Waals surface area contributed by atoms with Crippen molar-refractivity contribution in [3.63, 3.8) is 0 Å². The number of primary amides is 1. The second-order valence-electron chi connectivity index (χ2n) is 26.0. The van der Waals surface area contributed by atoms with Gasteiger partial charge in [0.2, 0.25) is 41.4 Å². The Labute approximate surface area is 555 Å². The molecular formula is C69H107N11O14. The molecule has 8 N–H and O–H groups in total. The predicted molar refractivity (Wildman–Crippen MR) is 357 cm³/mol. The van der Waals surface area contributed by atoms with Crippen molar-refractivity contribution < 1.29 is 67.0 Å². The number of likely N-dealkylation sites (tertiary alicyclic amines) is 1. The summed E-state index contributed by atoms with van der Waals surface area (Å²) in [4.78, 5) is 153. The summed E-state index contributed by atoms with van der Waals surface area (Å²) in [5.74, 6) is -5.81. The summed E-state index contributed by atoms with van der Waals surface area (Å²) in [6.45, 7) is 18.2. The van der Waals surface area contributed by atoms with Crippen LogP contribution in [-0.4, -0.2) is 201 Å². The van der Waals surface area contributed by atoms with Crippen LogP contribution < -0.4 is 37.6 Å². The van der Waals surface area contributed by atoms with Gasteiger partial charge in [0.25, 0.3) is 11.8 Å². The Morgan fingerprint density at radius 3 is 1.90 bits per heavy atom. The number of hydrogen-bond donors (Lipinski definition) is 7. The summed E-state index contributed by atoms with van der Waals surface area (Å²) >= 11 is 0. The van der Waals surface area contributed by atoms with Gasteiger partial charge in [0.05, 0.1) is 49.8 Å². The van der Waals surface area contributed by atoms with Crippen LogP contribution in [0.3, 0.4) is 0 Å². The number of imide groups is 1. The van der Waals surface area contributed by atoms with Gasteiger partial charge in [-0.3, -0.25) is 53.0 Å². The summed E-state index contributed by atoms with van der Waals surface area (Å²) in [6.07, 6.45) is 5.64. The van der Waals surface area contributed by atoms with Gasteiger partial charge in [-0.05, 0) is 98.9 Å². The van der Waals surface area contributed by atoms with E-state index < -0.39 is 90.1 Å².